The Labute approximate surface area is 225 Å². The highest BCUT2D eigenvalue weighted by Crippen LogP contribution is 2.32. The van der Waals surface area contributed by atoms with E-state index in [0.29, 0.717) is 11.5 Å². The van der Waals surface area contributed by atoms with Gasteiger partial charge in [-0.2, -0.15) is 0 Å². The number of para-hydroxylation sites is 3. The third-order valence-corrected chi connectivity index (χ3v) is 7.16. The van der Waals surface area contributed by atoms with Gasteiger partial charge in [-0.05, 0) is 53.6 Å². The number of aldehydes is 1. The van der Waals surface area contributed by atoms with Gasteiger partial charge < -0.3 is 14.7 Å². The molecule has 0 spiro atoms. The first-order valence-electron chi connectivity index (χ1n) is 12.9. The Kier molecular flexibility index (Phi) is 5.60. The van der Waals surface area contributed by atoms with Crippen molar-refractivity contribution in [3.05, 3.63) is 138 Å². The summed E-state index contributed by atoms with van der Waals surface area (Å²) in [6, 6.07) is 36.8. The normalized spacial score (nSPS) is 14.8. The fourth-order valence-corrected chi connectivity index (χ4v) is 5.28. The number of pyridine rings is 1. The van der Waals surface area contributed by atoms with Gasteiger partial charge in [0.05, 0.1) is 11.0 Å². The van der Waals surface area contributed by atoms with E-state index in [-0.39, 0.29) is 0 Å². The maximum atomic E-state index is 11.7. The van der Waals surface area contributed by atoms with Crippen LogP contribution in [-0.2, 0) is 4.79 Å². The molecule has 5 nitrogen and oxygen atoms in total. The van der Waals surface area contributed by atoms with Crippen LogP contribution in [0.5, 0.6) is 0 Å². The van der Waals surface area contributed by atoms with E-state index in [2.05, 4.69) is 105 Å². The zero-order valence-corrected chi connectivity index (χ0v) is 21.0. The fraction of sp³-hybridized carbons (Fsp3) is 0.0294. The average molecular weight is 505 g/mol. The number of hydrogen-bond donors (Lipinski definition) is 1. The van der Waals surface area contributed by atoms with Crippen LogP contribution in [0.4, 0.5) is 5.69 Å². The van der Waals surface area contributed by atoms with E-state index in [1.165, 1.54) is 21.8 Å². The molecule has 1 unspecified atom stereocenters. The lowest BCUT2D eigenvalue weighted by molar-refractivity contribution is -0.108. The highest BCUT2D eigenvalue weighted by atomic mass is 16.1. The van der Waals surface area contributed by atoms with Gasteiger partial charge in [0, 0.05) is 33.9 Å². The molecule has 4 aromatic carbocycles. The number of carbonyl (C=O) groups is 1. The number of benzene rings is 4. The number of fused-ring (bicyclic) bond motifs is 4. The summed E-state index contributed by atoms with van der Waals surface area (Å²) in [6.45, 7) is 0. The maximum Gasteiger partial charge on any atom is 0.152 e. The molecule has 7 rings (SSSR count). The van der Waals surface area contributed by atoms with Gasteiger partial charge in [0.15, 0.2) is 5.84 Å². The van der Waals surface area contributed by atoms with Crippen LogP contribution in [0.1, 0.15) is 28.4 Å². The Morgan fingerprint density at radius 1 is 0.718 bits per heavy atom. The summed E-state index contributed by atoms with van der Waals surface area (Å²) in [5.74, 6) is 0.594. The van der Waals surface area contributed by atoms with Crippen LogP contribution in [0.2, 0.25) is 0 Å². The number of anilines is 1. The molecule has 0 saturated heterocycles. The summed E-state index contributed by atoms with van der Waals surface area (Å²) in [5.41, 5.74) is 8.07. The van der Waals surface area contributed by atoms with Gasteiger partial charge in [-0.3, -0.25) is 9.98 Å². The molecule has 0 saturated carbocycles. The fourth-order valence-electron chi connectivity index (χ4n) is 5.28. The Morgan fingerprint density at radius 3 is 2.13 bits per heavy atom. The predicted octanol–water partition coefficient (Wildman–Crippen LogP) is 7.46. The molecule has 5 heteroatoms. The van der Waals surface area contributed by atoms with Crippen LogP contribution in [0.3, 0.4) is 0 Å². The molecule has 2 aromatic heterocycles. The highest BCUT2D eigenvalue weighted by Gasteiger charge is 2.21. The van der Waals surface area contributed by atoms with Crippen molar-refractivity contribution < 1.29 is 4.79 Å². The molecule has 0 amide bonds. The van der Waals surface area contributed by atoms with Crippen LogP contribution < -0.4 is 5.32 Å². The molecule has 0 fully saturated rings. The summed E-state index contributed by atoms with van der Waals surface area (Å²) < 4.78 is 2.32. The van der Waals surface area contributed by atoms with E-state index in [1.807, 2.05) is 36.4 Å². The Hall–Kier alpha value is -5.29. The number of aliphatic imine (C=N–C) groups is 1. The van der Waals surface area contributed by atoms with Crippen molar-refractivity contribution in [3.63, 3.8) is 0 Å². The van der Waals surface area contributed by atoms with Gasteiger partial charge in [-0.1, -0.05) is 78.9 Å². The molecule has 0 bridgehead atoms. The SMILES string of the molecule is O=CC1N=C(c2cc(/C=C/c3ccc(-n4c5ccccc5c5ccccc54)cc3)ccn2)Nc2ccccc21. The first kappa shape index (κ1) is 22.9. The molecule has 0 aliphatic carbocycles. The number of aromatic nitrogens is 2. The Balaban J connectivity index is 1.16. The van der Waals surface area contributed by atoms with Crippen molar-refractivity contribution in [3.8, 4) is 5.69 Å². The van der Waals surface area contributed by atoms with E-state index >= 15 is 0 Å². The minimum Gasteiger partial charge on any atom is -0.338 e. The van der Waals surface area contributed by atoms with E-state index in [1.54, 1.807) is 6.20 Å². The zero-order valence-electron chi connectivity index (χ0n) is 21.0. The molecule has 6 aromatic rings. The minimum absolute atomic E-state index is 0.536. The van der Waals surface area contributed by atoms with Crippen LogP contribution in [0, 0.1) is 0 Å². The van der Waals surface area contributed by atoms with Crippen molar-refractivity contribution >= 4 is 51.8 Å². The molecule has 1 aliphatic rings. The second-order valence-corrected chi connectivity index (χ2v) is 9.54. The van der Waals surface area contributed by atoms with Gasteiger partial charge in [-0.25, -0.2) is 0 Å². The molecular weight excluding hydrogens is 480 g/mol. The lowest BCUT2D eigenvalue weighted by atomic mass is 10.0. The second kappa shape index (κ2) is 9.54. The number of nitrogens with zero attached hydrogens (tertiary/aromatic N) is 3. The number of rotatable bonds is 5. The van der Waals surface area contributed by atoms with Crippen molar-refractivity contribution in [1.29, 1.82) is 0 Å². The molecule has 39 heavy (non-hydrogen) atoms. The van der Waals surface area contributed by atoms with Crippen molar-refractivity contribution in [2.45, 2.75) is 6.04 Å². The third-order valence-electron chi connectivity index (χ3n) is 7.16. The van der Waals surface area contributed by atoms with Crippen molar-refractivity contribution in [2.24, 2.45) is 4.99 Å². The van der Waals surface area contributed by atoms with Gasteiger partial charge in [0.1, 0.15) is 18.0 Å². The van der Waals surface area contributed by atoms with Crippen LogP contribution >= 0.6 is 0 Å². The smallest absolute Gasteiger partial charge is 0.152 e. The number of carbonyl (C=O) groups excluding carboxylic acids is 1. The summed E-state index contributed by atoms with van der Waals surface area (Å²) in [4.78, 5) is 20.8. The Morgan fingerprint density at radius 2 is 1.38 bits per heavy atom. The second-order valence-electron chi connectivity index (χ2n) is 9.54. The van der Waals surface area contributed by atoms with Gasteiger partial charge in [0.25, 0.3) is 0 Å². The molecule has 0 radical (unpaired) electrons. The maximum absolute atomic E-state index is 11.7. The summed E-state index contributed by atoms with van der Waals surface area (Å²) in [7, 11) is 0. The molecule has 3 heterocycles. The lowest BCUT2D eigenvalue weighted by Gasteiger charge is -2.21. The zero-order chi connectivity index (χ0) is 26.2. The number of nitrogens with one attached hydrogen (secondary N) is 1. The quantitative estimate of drug-likeness (QED) is 0.248. The summed E-state index contributed by atoms with van der Waals surface area (Å²) >= 11 is 0. The third kappa shape index (κ3) is 4.10. The van der Waals surface area contributed by atoms with Gasteiger partial charge >= 0.3 is 0 Å². The highest BCUT2D eigenvalue weighted by molar-refractivity contribution is 6.10. The summed E-state index contributed by atoms with van der Waals surface area (Å²) in [6.07, 6.45) is 6.79. The number of hydrogen-bond acceptors (Lipinski definition) is 4. The molecule has 1 atom stereocenters. The van der Waals surface area contributed by atoms with E-state index < -0.39 is 6.04 Å². The van der Waals surface area contributed by atoms with E-state index in [0.717, 1.165) is 34.4 Å². The lowest BCUT2D eigenvalue weighted by Crippen LogP contribution is -2.23. The standard InChI is InChI=1S/C34H24N4O/c39-22-31-28-9-1-4-10-29(28)36-34(37-31)30-21-24(19-20-35-30)14-13-23-15-17-25(18-16-23)38-32-11-5-2-7-26(32)27-8-3-6-12-33(27)38/h1-22,31H,(H,36,37)/b14-13+. The predicted molar refractivity (Wildman–Crippen MR) is 159 cm³/mol. The molecule has 1 aliphatic heterocycles. The van der Waals surface area contributed by atoms with Gasteiger partial charge in [0.2, 0.25) is 0 Å². The van der Waals surface area contributed by atoms with Crippen molar-refractivity contribution in [2.75, 3.05) is 5.32 Å². The molecular formula is C34H24N4O. The topological polar surface area (TPSA) is 59.3 Å². The molecule has 186 valence electrons. The number of amidine groups is 1. The van der Waals surface area contributed by atoms with Crippen LogP contribution in [-0.4, -0.2) is 21.7 Å². The van der Waals surface area contributed by atoms with Crippen LogP contribution in [0.25, 0.3) is 39.6 Å². The summed E-state index contributed by atoms with van der Waals surface area (Å²) in [5, 5.41) is 5.84. The Bertz CT molecular complexity index is 1860. The van der Waals surface area contributed by atoms with E-state index in [4.69, 9.17) is 0 Å². The largest absolute Gasteiger partial charge is 0.338 e. The van der Waals surface area contributed by atoms with E-state index in [9.17, 15) is 4.79 Å². The first-order chi connectivity index (χ1) is 19.3. The van der Waals surface area contributed by atoms with Crippen LogP contribution in [0.15, 0.2) is 120 Å². The monoisotopic (exact) mass is 504 g/mol. The minimum atomic E-state index is -0.536. The first-order valence-corrected chi connectivity index (χ1v) is 12.9. The molecule has 1 N–H and O–H groups in total. The average Bonchev–Trinajstić information content (AvgIpc) is 3.34. The van der Waals surface area contributed by atoms with Gasteiger partial charge in [-0.15, -0.1) is 0 Å². The van der Waals surface area contributed by atoms with Crippen molar-refractivity contribution in [1.82, 2.24) is 9.55 Å².